The van der Waals surface area contributed by atoms with E-state index in [1.165, 1.54) is 0 Å². The zero-order chi connectivity index (χ0) is 16.1. The van der Waals surface area contributed by atoms with Crippen molar-refractivity contribution in [1.82, 2.24) is 10.6 Å². The predicted molar refractivity (Wildman–Crippen MR) is 77.4 cm³/mol. The molecule has 0 aromatic heterocycles. The largest absolute Gasteiger partial charge is 0.481 e. The van der Waals surface area contributed by atoms with Gasteiger partial charge in [-0.3, -0.25) is 19.4 Å². The van der Waals surface area contributed by atoms with Crippen LogP contribution in [0.15, 0.2) is 4.99 Å². The second kappa shape index (κ2) is 11.5. The van der Waals surface area contributed by atoms with E-state index in [9.17, 15) is 14.4 Å². The summed E-state index contributed by atoms with van der Waals surface area (Å²) in [5, 5.41) is 13.4. The SMILES string of the molecule is NC(N)=NCCCCC(=O)NCC(=O)NCCCC(=O)O. The zero-order valence-corrected chi connectivity index (χ0v) is 11.9. The highest BCUT2D eigenvalue weighted by atomic mass is 16.4. The Balaban J connectivity index is 3.53. The Morgan fingerprint density at radius 2 is 1.67 bits per heavy atom. The Labute approximate surface area is 123 Å². The van der Waals surface area contributed by atoms with Gasteiger partial charge in [-0.2, -0.15) is 0 Å². The van der Waals surface area contributed by atoms with Gasteiger partial charge in [0.15, 0.2) is 5.96 Å². The zero-order valence-electron chi connectivity index (χ0n) is 11.9. The van der Waals surface area contributed by atoms with E-state index < -0.39 is 5.97 Å². The second-order valence-corrected chi connectivity index (χ2v) is 4.39. The average molecular weight is 301 g/mol. The molecule has 0 atom stereocenters. The lowest BCUT2D eigenvalue weighted by Crippen LogP contribution is -2.37. The van der Waals surface area contributed by atoms with Gasteiger partial charge in [0, 0.05) is 25.9 Å². The molecule has 0 saturated carbocycles. The van der Waals surface area contributed by atoms with E-state index in [-0.39, 0.29) is 37.3 Å². The van der Waals surface area contributed by atoms with Gasteiger partial charge < -0.3 is 27.2 Å². The molecule has 0 aliphatic heterocycles. The van der Waals surface area contributed by atoms with Gasteiger partial charge in [0.2, 0.25) is 11.8 Å². The number of unbranched alkanes of at least 4 members (excludes halogenated alkanes) is 1. The van der Waals surface area contributed by atoms with Gasteiger partial charge in [-0.15, -0.1) is 0 Å². The summed E-state index contributed by atoms with van der Waals surface area (Å²) in [4.78, 5) is 36.8. The molecular formula is C12H23N5O4. The first-order chi connectivity index (χ1) is 9.91. The summed E-state index contributed by atoms with van der Waals surface area (Å²) < 4.78 is 0. The number of aliphatic carboxylic acids is 1. The minimum Gasteiger partial charge on any atom is -0.481 e. The van der Waals surface area contributed by atoms with E-state index in [4.69, 9.17) is 16.6 Å². The number of carbonyl (C=O) groups is 3. The highest BCUT2D eigenvalue weighted by Crippen LogP contribution is 1.95. The van der Waals surface area contributed by atoms with Gasteiger partial charge in [0.25, 0.3) is 0 Å². The molecule has 0 aliphatic rings. The molecule has 0 rings (SSSR count). The summed E-state index contributed by atoms with van der Waals surface area (Å²) in [6.07, 6.45) is 1.98. The number of guanidine groups is 1. The number of carboxylic acid groups (broad SMARTS) is 1. The molecule has 0 unspecified atom stereocenters. The fourth-order valence-electron chi connectivity index (χ4n) is 1.40. The van der Waals surface area contributed by atoms with Crippen LogP contribution in [0.3, 0.4) is 0 Å². The van der Waals surface area contributed by atoms with Gasteiger partial charge in [-0.05, 0) is 19.3 Å². The smallest absolute Gasteiger partial charge is 0.303 e. The van der Waals surface area contributed by atoms with Crippen LogP contribution in [0.25, 0.3) is 0 Å². The first kappa shape index (κ1) is 18.7. The number of hydrogen-bond acceptors (Lipinski definition) is 4. The van der Waals surface area contributed by atoms with E-state index in [1.54, 1.807) is 0 Å². The molecule has 0 aliphatic carbocycles. The van der Waals surface area contributed by atoms with E-state index in [0.717, 1.165) is 0 Å². The Kier molecular flexibility index (Phi) is 10.2. The van der Waals surface area contributed by atoms with Gasteiger partial charge in [0.1, 0.15) is 0 Å². The fraction of sp³-hybridized carbons (Fsp3) is 0.667. The van der Waals surface area contributed by atoms with Crippen LogP contribution in [0.5, 0.6) is 0 Å². The van der Waals surface area contributed by atoms with Crippen molar-refractivity contribution in [2.45, 2.75) is 32.1 Å². The van der Waals surface area contributed by atoms with Crippen LogP contribution in [0.4, 0.5) is 0 Å². The maximum absolute atomic E-state index is 11.4. The summed E-state index contributed by atoms with van der Waals surface area (Å²) in [6, 6.07) is 0. The molecule has 0 radical (unpaired) electrons. The number of nitrogens with zero attached hydrogens (tertiary/aromatic N) is 1. The van der Waals surface area contributed by atoms with Crippen molar-refractivity contribution < 1.29 is 19.5 Å². The van der Waals surface area contributed by atoms with Crippen LogP contribution in [0, 0.1) is 0 Å². The highest BCUT2D eigenvalue weighted by molar-refractivity contribution is 5.84. The third-order valence-corrected chi connectivity index (χ3v) is 2.44. The normalized spacial score (nSPS) is 9.71. The van der Waals surface area contributed by atoms with Crippen molar-refractivity contribution in [1.29, 1.82) is 0 Å². The standard InChI is InChI=1S/C12H23N5O4/c13-12(14)16-6-2-1-4-9(18)17-8-10(19)15-7-3-5-11(20)21/h1-8H2,(H,15,19)(H,17,18)(H,20,21)(H4,13,14,16). The van der Waals surface area contributed by atoms with Crippen molar-refractivity contribution in [2.24, 2.45) is 16.5 Å². The number of amides is 2. The minimum absolute atomic E-state index is 0.00242. The summed E-state index contributed by atoms with van der Waals surface area (Å²) >= 11 is 0. The molecule has 0 aromatic carbocycles. The second-order valence-electron chi connectivity index (χ2n) is 4.39. The molecule has 0 heterocycles. The Morgan fingerprint density at radius 1 is 0.952 bits per heavy atom. The van der Waals surface area contributed by atoms with Gasteiger partial charge in [-0.25, -0.2) is 0 Å². The Hall–Kier alpha value is -2.32. The number of carboxylic acids is 1. The number of hydrogen-bond donors (Lipinski definition) is 5. The van der Waals surface area contributed by atoms with Crippen LogP contribution in [0.1, 0.15) is 32.1 Å². The highest BCUT2D eigenvalue weighted by Gasteiger charge is 2.05. The molecular weight excluding hydrogens is 278 g/mol. The van der Waals surface area contributed by atoms with Crippen molar-refractivity contribution >= 4 is 23.7 Å². The maximum atomic E-state index is 11.4. The third kappa shape index (κ3) is 13.9. The molecule has 120 valence electrons. The number of carbonyl (C=O) groups excluding carboxylic acids is 2. The van der Waals surface area contributed by atoms with Gasteiger partial charge in [-0.1, -0.05) is 0 Å². The van der Waals surface area contributed by atoms with Gasteiger partial charge in [0.05, 0.1) is 6.54 Å². The van der Waals surface area contributed by atoms with Crippen LogP contribution >= 0.6 is 0 Å². The third-order valence-electron chi connectivity index (χ3n) is 2.44. The quantitative estimate of drug-likeness (QED) is 0.178. The van der Waals surface area contributed by atoms with Crippen molar-refractivity contribution in [3.8, 4) is 0 Å². The molecule has 9 heteroatoms. The summed E-state index contributed by atoms with van der Waals surface area (Å²) in [5.41, 5.74) is 10.3. The fourth-order valence-corrected chi connectivity index (χ4v) is 1.40. The van der Waals surface area contributed by atoms with E-state index >= 15 is 0 Å². The molecule has 9 nitrogen and oxygen atoms in total. The Bertz CT molecular complexity index is 380. The molecule has 21 heavy (non-hydrogen) atoms. The van der Waals surface area contributed by atoms with Crippen LogP contribution < -0.4 is 22.1 Å². The van der Waals surface area contributed by atoms with E-state index in [2.05, 4.69) is 15.6 Å². The summed E-state index contributed by atoms with van der Waals surface area (Å²) in [7, 11) is 0. The number of nitrogens with one attached hydrogen (secondary N) is 2. The molecule has 7 N–H and O–H groups in total. The number of rotatable bonds is 11. The molecule has 0 fully saturated rings. The van der Waals surface area contributed by atoms with Gasteiger partial charge >= 0.3 is 5.97 Å². The summed E-state index contributed by atoms with van der Waals surface area (Å²) in [6.45, 7) is 0.638. The predicted octanol–water partition coefficient (Wildman–Crippen LogP) is -1.47. The maximum Gasteiger partial charge on any atom is 0.303 e. The molecule has 0 saturated heterocycles. The lowest BCUT2D eigenvalue weighted by molar-refractivity contribution is -0.137. The Morgan fingerprint density at radius 3 is 2.29 bits per heavy atom. The van der Waals surface area contributed by atoms with Crippen LogP contribution in [-0.2, 0) is 14.4 Å². The first-order valence-corrected chi connectivity index (χ1v) is 6.72. The lowest BCUT2D eigenvalue weighted by atomic mass is 10.2. The monoisotopic (exact) mass is 301 g/mol. The van der Waals surface area contributed by atoms with Crippen LogP contribution in [-0.4, -0.2) is 48.5 Å². The van der Waals surface area contributed by atoms with E-state index in [0.29, 0.717) is 32.2 Å². The average Bonchev–Trinajstić information content (AvgIpc) is 2.40. The van der Waals surface area contributed by atoms with Crippen molar-refractivity contribution in [2.75, 3.05) is 19.6 Å². The molecule has 0 aromatic rings. The van der Waals surface area contributed by atoms with Crippen molar-refractivity contribution in [3.63, 3.8) is 0 Å². The molecule has 0 spiro atoms. The molecule has 0 bridgehead atoms. The molecule has 2 amide bonds. The van der Waals surface area contributed by atoms with Crippen LogP contribution in [0.2, 0.25) is 0 Å². The number of aliphatic imine (C=N–C) groups is 1. The number of nitrogens with two attached hydrogens (primary N) is 2. The minimum atomic E-state index is -0.904. The lowest BCUT2D eigenvalue weighted by Gasteiger charge is -2.06. The van der Waals surface area contributed by atoms with Crippen molar-refractivity contribution in [3.05, 3.63) is 0 Å². The summed E-state index contributed by atoms with van der Waals surface area (Å²) in [5.74, 6) is -1.44. The van der Waals surface area contributed by atoms with E-state index in [1.807, 2.05) is 0 Å². The topological polar surface area (TPSA) is 160 Å². The first-order valence-electron chi connectivity index (χ1n) is 6.72.